The van der Waals surface area contributed by atoms with Crippen molar-refractivity contribution in [2.75, 3.05) is 13.6 Å². The molecule has 0 N–H and O–H groups in total. The fraction of sp³-hybridized carbons (Fsp3) is 0.500. The lowest BCUT2D eigenvalue weighted by Gasteiger charge is -2.18. The average molecular weight is 206 g/mol. The maximum atomic E-state index is 11.0. The maximum Gasteiger partial charge on any atom is 0.219 e. The van der Waals surface area contributed by atoms with Crippen LogP contribution < -0.4 is 0 Å². The predicted molar refractivity (Wildman–Crippen MR) is 60.6 cm³/mol. The molecule has 15 heavy (non-hydrogen) atoms. The molecule has 3 nitrogen and oxygen atoms in total. The first-order chi connectivity index (χ1) is 7.11. The van der Waals surface area contributed by atoms with Crippen molar-refractivity contribution in [2.45, 2.75) is 26.2 Å². The number of amides is 1. The third kappa shape index (κ3) is 3.70. The Morgan fingerprint density at radius 3 is 2.60 bits per heavy atom. The van der Waals surface area contributed by atoms with Crippen molar-refractivity contribution in [3.8, 4) is 0 Å². The Balaban J connectivity index is 2.43. The lowest BCUT2D eigenvalue weighted by molar-refractivity contribution is -0.127. The van der Waals surface area contributed by atoms with Gasteiger partial charge in [0, 0.05) is 32.9 Å². The Hall–Kier alpha value is -1.38. The highest BCUT2D eigenvalue weighted by atomic mass is 16.2. The van der Waals surface area contributed by atoms with Crippen molar-refractivity contribution in [3.05, 3.63) is 30.1 Å². The molecule has 1 aromatic rings. The van der Waals surface area contributed by atoms with E-state index in [9.17, 15) is 4.79 Å². The SMILES string of the molecule is CC(=O)N(C)CCC(C)c1ccncc1. The molecule has 82 valence electrons. The van der Waals surface area contributed by atoms with E-state index in [1.165, 1.54) is 5.56 Å². The summed E-state index contributed by atoms with van der Waals surface area (Å²) < 4.78 is 0. The molecule has 0 radical (unpaired) electrons. The summed E-state index contributed by atoms with van der Waals surface area (Å²) in [5.41, 5.74) is 1.28. The van der Waals surface area contributed by atoms with Crippen molar-refractivity contribution in [3.63, 3.8) is 0 Å². The van der Waals surface area contributed by atoms with Gasteiger partial charge in [-0.15, -0.1) is 0 Å². The molecule has 0 saturated carbocycles. The topological polar surface area (TPSA) is 33.2 Å². The molecule has 1 atom stereocenters. The van der Waals surface area contributed by atoms with Gasteiger partial charge in [0.2, 0.25) is 5.91 Å². The van der Waals surface area contributed by atoms with Gasteiger partial charge >= 0.3 is 0 Å². The Kier molecular flexibility index (Phi) is 4.28. The van der Waals surface area contributed by atoms with Gasteiger partial charge in [0.25, 0.3) is 0 Å². The molecule has 0 aliphatic heterocycles. The summed E-state index contributed by atoms with van der Waals surface area (Å²) in [7, 11) is 1.83. The van der Waals surface area contributed by atoms with Gasteiger partial charge in [-0.2, -0.15) is 0 Å². The van der Waals surface area contributed by atoms with Crippen LogP contribution in [0.1, 0.15) is 31.7 Å². The fourth-order valence-corrected chi connectivity index (χ4v) is 1.40. The van der Waals surface area contributed by atoms with E-state index in [1.54, 1.807) is 24.2 Å². The smallest absolute Gasteiger partial charge is 0.219 e. The number of hydrogen-bond acceptors (Lipinski definition) is 2. The van der Waals surface area contributed by atoms with Crippen molar-refractivity contribution in [2.24, 2.45) is 0 Å². The summed E-state index contributed by atoms with van der Waals surface area (Å²) in [6.45, 7) is 4.57. The highest BCUT2D eigenvalue weighted by Crippen LogP contribution is 2.17. The first-order valence-corrected chi connectivity index (χ1v) is 5.23. The van der Waals surface area contributed by atoms with Crippen molar-refractivity contribution in [1.29, 1.82) is 0 Å². The normalized spacial score (nSPS) is 12.2. The predicted octanol–water partition coefficient (Wildman–Crippen LogP) is 2.05. The summed E-state index contributed by atoms with van der Waals surface area (Å²) in [4.78, 5) is 16.7. The number of pyridine rings is 1. The number of nitrogens with zero attached hydrogens (tertiary/aromatic N) is 2. The first-order valence-electron chi connectivity index (χ1n) is 5.23. The van der Waals surface area contributed by atoms with Gasteiger partial charge in [0.15, 0.2) is 0 Å². The fourth-order valence-electron chi connectivity index (χ4n) is 1.40. The maximum absolute atomic E-state index is 11.0. The van der Waals surface area contributed by atoms with Crippen LogP contribution in [0.2, 0.25) is 0 Å². The van der Waals surface area contributed by atoms with Crippen LogP contribution in [0.3, 0.4) is 0 Å². The standard InChI is InChI=1S/C12H18N2O/c1-10(6-9-14(3)11(2)15)12-4-7-13-8-5-12/h4-5,7-8,10H,6,9H2,1-3H3. The summed E-state index contributed by atoms with van der Waals surface area (Å²) in [6.07, 6.45) is 4.60. The van der Waals surface area contributed by atoms with Gasteiger partial charge in [-0.05, 0) is 30.0 Å². The van der Waals surface area contributed by atoms with Crippen LogP contribution in [0.15, 0.2) is 24.5 Å². The zero-order valence-electron chi connectivity index (χ0n) is 9.60. The molecule has 1 heterocycles. The Labute approximate surface area is 91.1 Å². The molecular formula is C12H18N2O. The van der Waals surface area contributed by atoms with Gasteiger partial charge < -0.3 is 4.90 Å². The lowest BCUT2D eigenvalue weighted by atomic mass is 9.99. The Morgan fingerprint density at radius 1 is 1.47 bits per heavy atom. The van der Waals surface area contributed by atoms with E-state index in [2.05, 4.69) is 11.9 Å². The average Bonchev–Trinajstić information content (AvgIpc) is 2.26. The van der Waals surface area contributed by atoms with Gasteiger partial charge in [-0.1, -0.05) is 6.92 Å². The molecule has 1 rings (SSSR count). The summed E-state index contributed by atoms with van der Waals surface area (Å²) in [6, 6.07) is 4.05. The van der Waals surface area contributed by atoms with Crippen LogP contribution in [0.25, 0.3) is 0 Å². The molecule has 0 aliphatic rings. The molecule has 1 unspecified atom stereocenters. The number of carbonyl (C=O) groups is 1. The molecule has 3 heteroatoms. The van der Waals surface area contributed by atoms with E-state index in [0.717, 1.165) is 13.0 Å². The minimum atomic E-state index is 0.122. The zero-order chi connectivity index (χ0) is 11.3. The second-order valence-corrected chi connectivity index (χ2v) is 3.91. The zero-order valence-corrected chi connectivity index (χ0v) is 9.60. The van der Waals surface area contributed by atoms with Gasteiger partial charge in [-0.3, -0.25) is 9.78 Å². The molecule has 0 aromatic carbocycles. The third-order valence-electron chi connectivity index (χ3n) is 2.71. The van der Waals surface area contributed by atoms with E-state index >= 15 is 0 Å². The molecule has 1 amide bonds. The monoisotopic (exact) mass is 206 g/mol. The third-order valence-corrected chi connectivity index (χ3v) is 2.71. The van der Waals surface area contributed by atoms with Gasteiger partial charge in [-0.25, -0.2) is 0 Å². The number of hydrogen-bond donors (Lipinski definition) is 0. The second kappa shape index (κ2) is 5.49. The molecule has 0 bridgehead atoms. The van der Waals surface area contributed by atoms with E-state index in [0.29, 0.717) is 5.92 Å². The number of rotatable bonds is 4. The summed E-state index contributed by atoms with van der Waals surface area (Å²) in [5, 5.41) is 0. The highest BCUT2D eigenvalue weighted by molar-refractivity contribution is 5.72. The van der Waals surface area contributed by atoms with Crippen LogP contribution in [-0.2, 0) is 4.79 Å². The number of aromatic nitrogens is 1. The van der Waals surface area contributed by atoms with E-state index < -0.39 is 0 Å². The summed E-state index contributed by atoms with van der Waals surface area (Å²) in [5.74, 6) is 0.590. The summed E-state index contributed by atoms with van der Waals surface area (Å²) >= 11 is 0. The second-order valence-electron chi connectivity index (χ2n) is 3.91. The largest absolute Gasteiger partial charge is 0.346 e. The molecule has 0 spiro atoms. The van der Waals surface area contributed by atoms with Crippen molar-refractivity contribution in [1.82, 2.24) is 9.88 Å². The highest BCUT2D eigenvalue weighted by Gasteiger charge is 2.07. The first kappa shape index (κ1) is 11.7. The van der Waals surface area contributed by atoms with Gasteiger partial charge in [0.1, 0.15) is 0 Å². The minimum absolute atomic E-state index is 0.122. The molecule has 1 aromatic heterocycles. The molecule has 0 aliphatic carbocycles. The lowest BCUT2D eigenvalue weighted by Crippen LogP contribution is -2.25. The van der Waals surface area contributed by atoms with Crippen LogP contribution in [0, 0.1) is 0 Å². The van der Waals surface area contributed by atoms with E-state index in [1.807, 2.05) is 19.2 Å². The Morgan fingerprint density at radius 2 is 2.07 bits per heavy atom. The van der Waals surface area contributed by atoms with Crippen LogP contribution in [-0.4, -0.2) is 29.4 Å². The van der Waals surface area contributed by atoms with Crippen molar-refractivity contribution < 1.29 is 4.79 Å². The minimum Gasteiger partial charge on any atom is -0.346 e. The van der Waals surface area contributed by atoms with Crippen molar-refractivity contribution >= 4 is 5.91 Å². The molecular weight excluding hydrogens is 188 g/mol. The molecule has 0 fully saturated rings. The number of carbonyl (C=O) groups excluding carboxylic acids is 1. The van der Waals surface area contributed by atoms with Gasteiger partial charge in [0.05, 0.1) is 0 Å². The van der Waals surface area contributed by atoms with E-state index in [4.69, 9.17) is 0 Å². The van der Waals surface area contributed by atoms with E-state index in [-0.39, 0.29) is 5.91 Å². The van der Waals surface area contributed by atoms with Crippen LogP contribution >= 0.6 is 0 Å². The Bertz CT molecular complexity index is 311. The van der Waals surface area contributed by atoms with Crippen LogP contribution in [0.5, 0.6) is 0 Å². The van der Waals surface area contributed by atoms with Crippen LogP contribution in [0.4, 0.5) is 0 Å². The quantitative estimate of drug-likeness (QED) is 0.755. The molecule has 0 saturated heterocycles.